The zero-order chi connectivity index (χ0) is 20.3. The van der Waals surface area contributed by atoms with Crippen molar-refractivity contribution in [3.8, 4) is 11.4 Å². The van der Waals surface area contributed by atoms with Gasteiger partial charge in [-0.25, -0.2) is 4.98 Å². The third-order valence-corrected chi connectivity index (χ3v) is 7.87. The predicted molar refractivity (Wildman–Crippen MR) is 121 cm³/mol. The molecule has 2 aromatic carbocycles. The van der Waals surface area contributed by atoms with Crippen LogP contribution in [0.1, 0.15) is 25.5 Å². The summed E-state index contributed by atoms with van der Waals surface area (Å²) in [5, 5.41) is 1.56. The average molecular weight is 398 g/mol. The summed E-state index contributed by atoms with van der Waals surface area (Å²) in [4.78, 5) is 9.60. The van der Waals surface area contributed by atoms with E-state index in [1.54, 1.807) is 0 Å². The summed E-state index contributed by atoms with van der Waals surface area (Å²) >= 11 is 0. The molecule has 0 amide bonds. The van der Waals surface area contributed by atoms with Gasteiger partial charge in [-0.1, -0.05) is 86.6 Å². The van der Waals surface area contributed by atoms with E-state index in [9.17, 15) is 4.57 Å². The van der Waals surface area contributed by atoms with Crippen LogP contribution in [-0.2, 0) is 4.57 Å². The first-order chi connectivity index (χ1) is 14.1. The largest absolute Gasteiger partial charge is 0.307 e. The van der Waals surface area contributed by atoms with Crippen LogP contribution in [0.5, 0.6) is 0 Å². The third kappa shape index (κ3) is 3.79. The molecule has 0 atom stereocenters. The fourth-order valence-corrected chi connectivity index (χ4v) is 5.90. The fraction of sp³-hybridized carbons (Fsp3) is 0.120. The SMILES string of the molecule is CC(C)c1cccc(-c2cccc(P(=O)(c3ccccc3)c3ccccc3)n2)n1. The van der Waals surface area contributed by atoms with E-state index in [-0.39, 0.29) is 0 Å². The van der Waals surface area contributed by atoms with Gasteiger partial charge in [0.25, 0.3) is 0 Å². The van der Waals surface area contributed by atoms with Gasteiger partial charge in [-0.15, -0.1) is 0 Å². The lowest BCUT2D eigenvalue weighted by Crippen LogP contribution is -2.27. The van der Waals surface area contributed by atoms with Crippen LogP contribution in [-0.4, -0.2) is 9.97 Å². The number of aromatic nitrogens is 2. The molecule has 2 heterocycles. The molecule has 0 aliphatic carbocycles. The summed E-state index contributed by atoms with van der Waals surface area (Å²) in [5.74, 6) is 0.331. The Bertz CT molecular complexity index is 1110. The van der Waals surface area contributed by atoms with E-state index in [4.69, 9.17) is 9.97 Å². The first-order valence-corrected chi connectivity index (χ1v) is 11.5. The van der Waals surface area contributed by atoms with Crippen LogP contribution in [0, 0.1) is 0 Å². The molecule has 0 N–H and O–H groups in total. The number of pyridine rings is 2. The molecular weight excluding hydrogens is 375 g/mol. The topological polar surface area (TPSA) is 42.9 Å². The van der Waals surface area contributed by atoms with Crippen molar-refractivity contribution in [1.29, 1.82) is 0 Å². The number of nitrogens with zero attached hydrogens (tertiary/aromatic N) is 2. The Hall–Kier alpha value is -3.03. The Kier molecular flexibility index (Phi) is 5.42. The summed E-state index contributed by atoms with van der Waals surface area (Å²) < 4.78 is 14.5. The summed E-state index contributed by atoms with van der Waals surface area (Å²) in [5.41, 5.74) is 3.12. The molecule has 0 unspecified atom stereocenters. The lowest BCUT2D eigenvalue weighted by atomic mass is 10.1. The minimum absolute atomic E-state index is 0.331. The van der Waals surface area contributed by atoms with E-state index in [2.05, 4.69) is 13.8 Å². The molecule has 0 aliphatic rings. The van der Waals surface area contributed by atoms with Crippen molar-refractivity contribution in [2.24, 2.45) is 0 Å². The van der Waals surface area contributed by atoms with E-state index in [1.807, 2.05) is 97.1 Å². The van der Waals surface area contributed by atoms with Gasteiger partial charge in [-0.05, 0) is 30.2 Å². The standard InChI is InChI=1S/C25H23N2OP/c1-19(2)22-15-9-16-23(26-22)24-17-10-18-25(27-24)29(28,20-11-5-3-6-12-20)21-13-7-4-8-14-21/h3-19H,1-2H3. The molecule has 0 spiro atoms. The van der Waals surface area contributed by atoms with E-state index < -0.39 is 7.14 Å². The van der Waals surface area contributed by atoms with Gasteiger partial charge in [0.05, 0.1) is 11.4 Å². The fourth-order valence-electron chi connectivity index (χ4n) is 3.35. The first-order valence-electron chi connectivity index (χ1n) is 9.75. The van der Waals surface area contributed by atoms with Crippen molar-refractivity contribution < 1.29 is 4.57 Å². The monoisotopic (exact) mass is 398 g/mol. The second kappa shape index (κ2) is 8.14. The molecule has 3 nitrogen and oxygen atoms in total. The molecular formula is C25H23N2OP. The number of benzene rings is 2. The zero-order valence-corrected chi connectivity index (χ0v) is 17.5. The van der Waals surface area contributed by atoms with Crippen molar-refractivity contribution in [2.75, 3.05) is 0 Å². The maximum absolute atomic E-state index is 14.5. The summed E-state index contributed by atoms with van der Waals surface area (Å²) in [6.45, 7) is 4.24. The molecule has 0 radical (unpaired) electrons. The van der Waals surface area contributed by atoms with Crippen molar-refractivity contribution in [3.63, 3.8) is 0 Å². The van der Waals surface area contributed by atoms with Crippen LogP contribution in [0.2, 0.25) is 0 Å². The summed E-state index contributed by atoms with van der Waals surface area (Å²) in [6.07, 6.45) is 0. The lowest BCUT2D eigenvalue weighted by molar-refractivity contribution is 0.592. The minimum Gasteiger partial charge on any atom is -0.307 e. The Morgan fingerprint density at radius 1 is 0.621 bits per heavy atom. The van der Waals surface area contributed by atoms with E-state index in [1.165, 1.54) is 0 Å². The lowest BCUT2D eigenvalue weighted by Gasteiger charge is -2.19. The van der Waals surface area contributed by atoms with E-state index >= 15 is 0 Å². The molecule has 29 heavy (non-hydrogen) atoms. The zero-order valence-electron chi connectivity index (χ0n) is 16.6. The highest BCUT2D eigenvalue weighted by atomic mass is 31.2. The maximum Gasteiger partial charge on any atom is 0.188 e. The van der Waals surface area contributed by atoms with Gasteiger partial charge < -0.3 is 4.57 Å². The summed E-state index contributed by atoms with van der Waals surface area (Å²) in [7, 11) is -3.09. The molecule has 144 valence electrons. The van der Waals surface area contributed by atoms with Gasteiger partial charge in [-0.3, -0.25) is 4.98 Å². The van der Waals surface area contributed by atoms with Crippen LogP contribution < -0.4 is 16.0 Å². The smallest absolute Gasteiger partial charge is 0.188 e. The quantitative estimate of drug-likeness (QED) is 0.449. The molecule has 0 aliphatic heterocycles. The van der Waals surface area contributed by atoms with Gasteiger partial charge in [0, 0.05) is 16.3 Å². The van der Waals surface area contributed by atoms with Crippen molar-refractivity contribution in [2.45, 2.75) is 19.8 Å². The average Bonchev–Trinajstić information content (AvgIpc) is 2.80. The second-order valence-electron chi connectivity index (χ2n) is 7.26. The van der Waals surface area contributed by atoms with Crippen LogP contribution in [0.25, 0.3) is 11.4 Å². The molecule has 4 aromatic rings. The Morgan fingerprint density at radius 3 is 1.69 bits per heavy atom. The van der Waals surface area contributed by atoms with Crippen molar-refractivity contribution in [3.05, 3.63) is 103 Å². The summed E-state index contributed by atoms with van der Waals surface area (Å²) in [6, 6.07) is 30.9. The molecule has 0 bridgehead atoms. The predicted octanol–water partition coefficient (Wildman–Crippen LogP) is 4.91. The van der Waals surface area contributed by atoms with Crippen LogP contribution in [0.4, 0.5) is 0 Å². The normalized spacial score (nSPS) is 11.6. The molecule has 4 heteroatoms. The molecule has 0 saturated heterocycles. The van der Waals surface area contributed by atoms with Crippen molar-refractivity contribution in [1.82, 2.24) is 9.97 Å². The Labute approximate surface area is 171 Å². The molecule has 0 fully saturated rings. The first kappa shape index (κ1) is 19.3. The van der Waals surface area contributed by atoms with Gasteiger partial charge in [0.15, 0.2) is 7.14 Å². The number of hydrogen-bond acceptors (Lipinski definition) is 3. The third-order valence-electron chi connectivity index (χ3n) is 4.92. The maximum atomic E-state index is 14.5. The second-order valence-corrected chi connectivity index (χ2v) is 9.97. The van der Waals surface area contributed by atoms with Gasteiger partial charge in [0.2, 0.25) is 0 Å². The van der Waals surface area contributed by atoms with E-state index in [0.717, 1.165) is 27.7 Å². The van der Waals surface area contributed by atoms with Crippen LogP contribution in [0.15, 0.2) is 97.1 Å². The molecule has 4 rings (SSSR count). The highest BCUT2D eigenvalue weighted by Gasteiger charge is 2.31. The van der Waals surface area contributed by atoms with Gasteiger partial charge >= 0.3 is 0 Å². The van der Waals surface area contributed by atoms with Gasteiger partial charge in [0.1, 0.15) is 5.44 Å². The highest BCUT2D eigenvalue weighted by Crippen LogP contribution is 2.41. The van der Waals surface area contributed by atoms with Crippen LogP contribution in [0.3, 0.4) is 0 Å². The van der Waals surface area contributed by atoms with Gasteiger partial charge in [-0.2, -0.15) is 0 Å². The number of hydrogen-bond donors (Lipinski definition) is 0. The van der Waals surface area contributed by atoms with Crippen molar-refractivity contribution >= 4 is 23.2 Å². The minimum atomic E-state index is -3.09. The number of rotatable bonds is 5. The highest BCUT2D eigenvalue weighted by molar-refractivity contribution is 7.85. The Morgan fingerprint density at radius 2 is 1.14 bits per heavy atom. The van der Waals surface area contributed by atoms with E-state index in [0.29, 0.717) is 11.4 Å². The molecule has 2 aromatic heterocycles. The Balaban J connectivity index is 1.89. The molecule has 0 saturated carbocycles. The van der Waals surface area contributed by atoms with Crippen LogP contribution >= 0.6 is 7.14 Å².